The lowest BCUT2D eigenvalue weighted by Gasteiger charge is -2.33. The molecule has 0 unspecified atom stereocenters. The second-order valence-electron chi connectivity index (χ2n) is 5.64. The van der Waals surface area contributed by atoms with E-state index in [1.54, 1.807) is 0 Å². The van der Waals surface area contributed by atoms with Crippen LogP contribution in [0.15, 0.2) is 22.7 Å². The van der Waals surface area contributed by atoms with Crippen molar-refractivity contribution in [2.75, 3.05) is 45.9 Å². The van der Waals surface area contributed by atoms with E-state index in [2.05, 4.69) is 45.6 Å². The molecule has 0 aromatic heterocycles. The number of hydrogen-bond acceptors (Lipinski definition) is 5. The Bertz CT molecular complexity index is 562. The van der Waals surface area contributed by atoms with E-state index in [9.17, 15) is 0 Å². The van der Waals surface area contributed by atoms with Crippen LogP contribution in [0.25, 0.3) is 0 Å². The van der Waals surface area contributed by atoms with E-state index in [1.807, 2.05) is 12.1 Å². The second-order valence-corrected chi connectivity index (χ2v) is 6.56. The van der Waals surface area contributed by atoms with Crippen LogP contribution in [0.5, 0.6) is 5.75 Å². The van der Waals surface area contributed by atoms with Crippen LogP contribution in [0.4, 0.5) is 0 Å². The van der Waals surface area contributed by atoms with Crippen molar-refractivity contribution >= 4 is 27.9 Å². The minimum atomic E-state index is -1.82. The number of nitrogens with zero attached hydrogens (tertiary/aromatic N) is 2. The number of piperazine rings is 1. The van der Waals surface area contributed by atoms with Gasteiger partial charge in [0.2, 0.25) is 0 Å². The number of ether oxygens (including phenoxy) is 1. The average Bonchev–Trinajstić information content (AvgIpc) is 2.58. The van der Waals surface area contributed by atoms with Crippen molar-refractivity contribution in [2.24, 2.45) is 0 Å². The molecule has 1 saturated heterocycles. The first-order chi connectivity index (χ1) is 11.8. The Labute approximate surface area is 156 Å². The zero-order chi connectivity index (χ0) is 18.8. The molecular weight excluding hydrogens is 392 g/mol. The number of aryl methyl sites for hydroxylation is 1. The van der Waals surface area contributed by atoms with Gasteiger partial charge >= 0.3 is 11.9 Å². The van der Waals surface area contributed by atoms with Crippen molar-refractivity contribution in [3.8, 4) is 5.75 Å². The SMILES string of the molecule is CCN1CCN(CCOc2ccc(Br)cc2C)CC1.O=C(O)C(=O)O. The fourth-order valence-electron chi connectivity index (χ4n) is 2.39. The zero-order valence-electron chi connectivity index (χ0n) is 14.6. The Hall–Kier alpha value is -1.64. The first kappa shape index (κ1) is 21.4. The predicted molar refractivity (Wildman–Crippen MR) is 98.2 cm³/mol. The van der Waals surface area contributed by atoms with E-state index >= 15 is 0 Å². The monoisotopic (exact) mass is 416 g/mol. The third kappa shape index (κ3) is 8.33. The number of likely N-dealkylation sites (N-methyl/N-ethyl adjacent to an activating group) is 1. The largest absolute Gasteiger partial charge is 0.492 e. The van der Waals surface area contributed by atoms with Crippen LogP contribution in [0.1, 0.15) is 12.5 Å². The molecule has 1 aromatic rings. The number of carboxylic acid groups (broad SMARTS) is 2. The highest BCUT2D eigenvalue weighted by Gasteiger charge is 2.15. The first-order valence-electron chi connectivity index (χ1n) is 8.13. The van der Waals surface area contributed by atoms with Gasteiger partial charge in [0.15, 0.2) is 0 Å². The molecule has 2 rings (SSSR count). The summed E-state index contributed by atoms with van der Waals surface area (Å²) < 4.78 is 6.98. The summed E-state index contributed by atoms with van der Waals surface area (Å²) in [5.74, 6) is -2.65. The maximum Gasteiger partial charge on any atom is 0.414 e. The van der Waals surface area contributed by atoms with E-state index < -0.39 is 11.9 Å². The molecule has 25 heavy (non-hydrogen) atoms. The molecule has 8 heteroatoms. The highest BCUT2D eigenvalue weighted by atomic mass is 79.9. The second kappa shape index (κ2) is 11.1. The van der Waals surface area contributed by atoms with Gasteiger partial charge < -0.3 is 19.8 Å². The van der Waals surface area contributed by atoms with Crippen molar-refractivity contribution < 1.29 is 24.5 Å². The highest BCUT2D eigenvalue weighted by molar-refractivity contribution is 9.10. The van der Waals surface area contributed by atoms with Crippen LogP contribution >= 0.6 is 15.9 Å². The maximum absolute atomic E-state index is 9.10. The number of carboxylic acids is 2. The van der Waals surface area contributed by atoms with Crippen LogP contribution in [-0.2, 0) is 9.59 Å². The minimum absolute atomic E-state index is 0.772. The number of benzene rings is 1. The lowest BCUT2D eigenvalue weighted by Crippen LogP contribution is -2.47. The van der Waals surface area contributed by atoms with E-state index in [0.717, 1.165) is 36.5 Å². The smallest absolute Gasteiger partial charge is 0.414 e. The lowest BCUT2D eigenvalue weighted by atomic mass is 10.2. The molecule has 0 amide bonds. The van der Waals surface area contributed by atoms with Gasteiger partial charge in [-0.2, -0.15) is 0 Å². The molecule has 1 aliphatic heterocycles. The molecule has 0 spiro atoms. The number of aliphatic carboxylic acids is 2. The molecule has 140 valence electrons. The Balaban J connectivity index is 0.000000450. The standard InChI is InChI=1S/C15H23BrN2O.C2H2O4/c1-3-17-6-8-18(9-7-17)10-11-19-15-5-4-14(16)12-13(15)2;3-1(4)2(5)6/h4-5,12H,3,6-11H2,1-2H3;(H,3,4)(H,5,6). The molecule has 0 radical (unpaired) electrons. The fraction of sp³-hybridized carbons (Fsp3) is 0.529. The number of rotatable bonds is 5. The van der Waals surface area contributed by atoms with E-state index in [1.165, 1.54) is 25.2 Å². The van der Waals surface area contributed by atoms with E-state index in [-0.39, 0.29) is 0 Å². The summed E-state index contributed by atoms with van der Waals surface area (Å²) in [4.78, 5) is 23.2. The molecule has 0 aliphatic carbocycles. The third-order valence-corrected chi connectivity index (χ3v) is 4.39. The van der Waals surface area contributed by atoms with Crippen LogP contribution in [0.2, 0.25) is 0 Å². The van der Waals surface area contributed by atoms with Gasteiger partial charge in [0.25, 0.3) is 0 Å². The average molecular weight is 417 g/mol. The van der Waals surface area contributed by atoms with Crippen molar-refractivity contribution in [2.45, 2.75) is 13.8 Å². The topological polar surface area (TPSA) is 90.3 Å². The van der Waals surface area contributed by atoms with Gasteiger partial charge in [-0.25, -0.2) is 9.59 Å². The van der Waals surface area contributed by atoms with E-state index in [0.29, 0.717) is 0 Å². The third-order valence-electron chi connectivity index (χ3n) is 3.90. The van der Waals surface area contributed by atoms with Crippen LogP contribution < -0.4 is 4.74 Å². The summed E-state index contributed by atoms with van der Waals surface area (Å²) in [5.41, 5.74) is 1.19. The molecule has 1 aromatic carbocycles. The first-order valence-corrected chi connectivity index (χ1v) is 8.92. The quantitative estimate of drug-likeness (QED) is 0.708. The summed E-state index contributed by atoms with van der Waals surface area (Å²) in [7, 11) is 0. The number of hydrogen-bond donors (Lipinski definition) is 2. The van der Waals surface area contributed by atoms with Gasteiger partial charge in [-0.15, -0.1) is 0 Å². The number of carbonyl (C=O) groups is 2. The van der Waals surface area contributed by atoms with Gasteiger partial charge in [0, 0.05) is 37.2 Å². The molecule has 0 atom stereocenters. The molecule has 1 fully saturated rings. The molecule has 2 N–H and O–H groups in total. The van der Waals surface area contributed by atoms with Crippen molar-refractivity contribution in [3.63, 3.8) is 0 Å². The van der Waals surface area contributed by atoms with Crippen LogP contribution in [0, 0.1) is 6.92 Å². The maximum atomic E-state index is 9.10. The predicted octanol–water partition coefficient (Wildman–Crippen LogP) is 1.93. The molecule has 7 nitrogen and oxygen atoms in total. The lowest BCUT2D eigenvalue weighted by molar-refractivity contribution is -0.159. The zero-order valence-corrected chi connectivity index (χ0v) is 16.2. The Kier molecular flexibility index (Phi) is 9.48. The van der Waals surface area contributed by atoms with Crippen molar-refractivity contribution in [1.29, 1.82) is 0 Å². The van der Waals surface area contributed by atoms with Gasteiger partial charge in [-0.1, -0.05) is 22.9 Å². The molecular formula is C17H25BrN2O5. The minimum Gasteiger partial charge on any atom is -0.492 e. The Morgan fingerprint density at radius 2 is 1.68 bits per heavy atom. The Morgan fingerprint density at radius 1 is 1.12 bits per heavy atom. The van der Waals surface area contributed by atoms with Crippen molar-refractivity contribution in [3.05, 3.63) is 28.2 Å². The number of halogens is 1. The summed E-state index contributed by atoms with van der Waals surface area (Å²) >= 11 is 3.47. The van der Waals surface area contributed by atoms with Gasteiger partial charge in [-0.05, 0) is 37.2 Å². The molecule has 0 saturated carbocycles. The van der Waals surface area contributed by atoms with E-state index in [4.69, 9.17) is 24.5 Å². The summed E-state index contributed by atoms with van der Waals surface area (Å²) in [5, 5.41) is 14.8. The summed E-state index contributed by atoms with van der Waals surface area (Å²) in [6, 6.07) is 6.16. The van der Waals surface area contributed by atoms with Crippen LogP contribution in [0.3, 0.4) is 0 Å². The normalized spacial score (nSPS) is 15.2. The van der Waals surface area contributed by atoms with Gasteiger partial charge in [-0.3, -0.25) is 4.90 Å². The fourth-order valence-corrected chi connectivity index (χ4v) is 2.86. The Morgan fingerprint density at radius 3 is 2.16 bits per heavy atom. The van der Waals surface area contributed by atoms with Crippen LogP contribution in [-0.4, -0.2) is 77.8 Å². The molecule has 1 aliphatic rings. The highest BCUT2D eigenvalue weighted by Crippen LogP contribution is 2.22. The molecule has 0 bridgehead atoms. The van der Waals surface area contributed by atoms with Gasteiger partial charge in [0.1, 0.15) is 12.4 Å². The summed E-state index contributed by atoms with van der Waals surface area (Å²) in [6.07, 6.45) is 0. The molecule has 1 heterocycles. The summed E-state index contributed by atoms with van der Waals surface area (Å²) in [6.45, 7) is 12.0. The van der Waals surface area contributed by atoms with Gasteiger partial charge in [0.05, 0.1) is 0 Å². The van der Waals surface area contributed by atoms with Crippen molar-refractivity contribution in [1.82, 2.24) is 9.80 Å².